The SMILES string of the molecule is OC(CSC1CCCC1)Cc1nccs1. The van der Waals surface area contributed by atoms with Crippen molar-refractivity contribution >= 4 is 23.1 Å². The molecule has 1 saturated carbocycles. The molecule has 1 aromatic heterocycles. The fourth-order valence-corrected chi connectivity index (χ4v) is 3.88. The molecular formula is C11H17NOS2. The Bertz CT molecular complexity index is 270. The molecule has 1 N–H and O–H groups in total. The summed E-state index contributed by atoms with van der Waals surface area (Å²) in [6, 6.07) is 0. The predicted octanol–water partition coefficient (Wildman–Crippen LogP) is 2.72. The quantitative estimate of drug-likeness (QED) is 0.863. The Balaban J connectivity index is 1.66. The Kier molecular flexibility index (Phi) is 4.47. The Hall–Kier alpha value is -0.0600. The molecule has 0 radical (unpaired) electrons. The third-order valence-corrected chi connectivity index (χ3v) is 5.04. The van der Waals surface area contributed by atoms with Crippen molar-refractivity contribution in [1.29, 1.82) is 0 Å². The van der Waals surface area contributed by atoms with Crippen LogP contribution in [0.25, 0.3) is 0 Å². The lowest BCUT2D eigenvalue weighted by Gasteiger charge is -2.12. The maximum Gasteiger partial charge on any atom is 0.0950 e. The minimum Gasteiger partial charge on any atom is -0.392 e. The molecule has 1 unspecified atom stereocenters. The van der Waals surface area contributed by atoms with Gasteiger partial charge in [-0.15, -0.1) is 11.3 Å². The lowest BCUT2D eigenvalue weighted by atomic mass is 10.3. The summed E-state index contributed by atoms with van der Waals surface area (Å²) >= 11 is 3.57. The topological polar surface area (TPSA) is 33.1 Å². The van der Waals surface area contributed by atoms with Gasteiger partial charge in [-0.25, -0.2) is 4.98 Å². The molecule has 1 heterocycles. The van der Waals surface area contributed by atoms with Crippen LogP contribution in [-0.4, -0.2) is 27.2 Å². The van der Waals surface area contributed by atoms with Crippen LogP contribution in [0.15, 0.2) is 11.6 Å². The van der Waals surface area contributed by atoms with Crippen molar-refractivity contribution < 1.29 is 5.11 Å². The molecule has 84 valence electrons. The van der Waals surface area contributed by atoms with Crippen molar-refractivity contribution in [2.75, 3.05) is 5.75 Å². The van der Waals surface area contributed by atoms with Crippen LogP contribution in [0.1, 0.15) is 30.7 Å². The monoisotopic (exact) mass is 243 g/mol. The Morgan fingerprint density at radius 1 is 1.53 bits per heavy atom. The minimum absolute atomic E-state index is 0.221. The second kappa shape index (κ2) is 5.87. The maximum atomic E-state index is 9.83. The number of aromatic nitrogens is 1. The first-order chi connectivity index (χ1) is 7.34. The van der Waals surface area contributed by atoms with E-state index in [2.05, 4.69) is 4.98 Å². The summed E-state index contributed by atoms with van der Waals surface area (Å²) in [4.78, 5) is 4.19. The van der Waals surface area contributed by atoms with Gasteiger partial charge < -0.3 is 5.11 Å². The van der Waals surface area contributed by atoms with Gasteiger partial charge in [-0.1, -0.05) is 12.8 Å². The number of nitrogens with zero attached hydrogens (tertiary/aromatic N) is 1. The molecule has 15 heavy (non-hydrogen) atoms. The molecule has 1 aliphatic rings. The third kappa shape index (κ3) is 3.78. The Labute approximate surface area is 99.1 Å². The highest BCUT2D eigenvalue weighted by Crippen LogP contribution is 2.30. The first kappa shape index (κ1) is 11.4. The molecule has 1 aliphatic carbocycles. The smallest absolute Gasteiger partial charge is 0.0950 e. The highest BCUT2D eigenvalue weighted by atomic mass is 32.2. The fraction of sp³-hybridized carbons (Fsp3) is 0.727. The lowest BCUT2D eigenvalue weighted by Crippen LogP contribution is -2.15. The van der Waals surface area contributed by atoms with E-state index in [9.17, 15) is 5.11 Å². The molecule has 1 fully saturated rings. The summed E-state index contributed by atoms with van der Waals surface area (Å²) in [5, 5.41) is 13.6. The van der Waals surface area contributed by atoms with Crippen LogP contribution < -0.4 is 0 Å². The zero-order chi connectivity index (χ0) is 10.5. The molecule has 2 nitrogen and oxygen atoms in total. The van der Waals surface area contributed by atoms with Crippen LogP contribution in [0.3, 0.4) is 0 Å². The van der Waals surface area contributed by atoms with Gasteiger partial charge in [0.1, 0.15) is 0 Å². The second-order valence-electron chi connectivity index (χ2n) is 4.02. The predicted molar refractivity (Wildman–Crippen MR) is 66.5 cm³/mol. The van der Waals surface area contributed by atoms with E-state index in [0.717, 1.165) is 22.4 Å². The molecule has 4 heteroatoms. The van der Waals surface area contributed by atoms with Gasteiger partial charge in [0.15, 0.2) is 0 Å². The number of thiazole rings is 1. The number of rotatable bonds is 5. The maximum absolute atomic E-state index is 9.83. The van der Waals surface area contributed by atoms with Crippen LogP contribution in [0.5, 0.6) is 0 Å². The van der Waals surface area contributed by atoms with Crippen molar-refractivity contribution in [1.82, 2.24) is 4.98 Å². The number of hydrogen-bond donors (Lipinski definition) is 1. The molecular weight excluding hydrogens is 226 g/mol. The van der Waals surface area contributed by atoms with E-state index in [0.29, 0.717) is 0 Å². The molecule has 0 aliphatic heterocycles. The van der Waals surface area contributed by atoms with Gasteiger partial charge in [-0.3, -0.25) is 0 Å². The zero-order valence-corrected chi connectivity index (χ0v) is 10.4. The number of aliphatic hydroxyl groups is 1. The van der Waals surface area contributed by atoms with Crippen LogP contribution in [0.2, 0.25) is 0 Å². The fourth-order valence-electron chi connectivity index (χ4n) is 1.92. The molecule has 0 spiro atoms. The van der Waals surface area contributed by atoms with Gasteiger partial charge in [-0.2, -0.15) is 11.8 Å². The summed E-state index contributed by atoms with van der Waals surface area (Å²) < 4.78 is 0. The second-order valence-corrected chi connectivity index (χ2v) is 6.34. The van der Waals surface area contributed by atoms with Crippen LogP contribution in [0, 0.1) is 0 Å². The first-order valence-electron chi connectivity index (χ1n) is 5.52. The van der Waals surface area contributed by atoms with Crippen molar-refractivity contribution in [3.8, 4) is 0 Å². The average Bonchev–Trinajstić information content (AvgIpc) is 2.86. The van der Waals surface area contributed by atoms with Crippen LogP contribution >= 0.6 is 23.1 Å². The third-order valence-electron chi connectivity index (χ3n) is 2.72. The molecule has 0 saturated heterocycles. The summed E-state index contributed by atoms with van der Waals surface area (Å²) in [5.41, 5.74) is 0. The average molecular weight is 243 g/mol. The van der Waals surface area contributed by atoms with E-state index in [-0.39, 0.29) is 6.10 Å². The normalized spacial score (nSPS) is 19.5. The largest absolute Gasteiger partial charge is 0.392 e. The minimum atomic E-state index is -0.221. The summed E-state index contributed by atoms with van der Waals surface area (Å²) in [7, 11) is 0. The molecule has 1 atom stereocenters. The van der Waals surface area contributed by atoms with Crippen molar-refractivity contribution in [2.24, 2.45) is 0 Å². The van der Waals surface area contributed by atoms with Gasteiger partial charge in [0.05, 0.1) is 11.1 Å². The Morgan fingerprint density at radius 2 is 2.33 bits per heavy atom. The van der Waals surface area contributed by atoms with Crippen LogP contribution in [0.4, 0.5) is 0 Å². The van der Waals surface area contributed by atoms with E-state index in [1.165, 1.54) is 25.7 Å². The number of thioether (sulfide) groups is 1. The van der Waals surface area contributed by atoms with Gasteiger partial charge >= 0.3 is 0 Å². The van der Waals surface area contributed by atoms with Gasteiger partial charge in [0.2, 0.25) is 0 Å². The molecule has 0 aromatic carbocycles. The van der Waals surface area contributed by atoms with Crippen molar-refractivity contribution in [3.63, 3.8) is 0 Å². The van der Waals surface area contributed by atoms with Gasteiger partial charge in [0, 0.05) is 29.0 Å². The highest BCUT2D eigenvalue weighted by Gasteiger charge is 2.17. The van der Waals surface area contributed by atoms with Crippen molar-refractivity contribution in [2.45, 2.75) is 43.5 Å². The highest BCUT2D eigenvalue weighted by molar-refractivity contribution is 7.99. The van der Waals surface area contributed by atoms with Crippen molar-refractivity contribution in [3.05, 3.63) is 16.6 Å². The van der Waals surface area contributed by atoms with Crippen LogP contribution in [-0.2, 0) is 6.42 Å². The van der Waals surface area contributed by atoms with Gasteiger partial charge in [-0.05, 0) is 12.8 Å². The summed E-state index contributed by atoms with van der Waals surface area (Å²) in [6.07, 6.45) is 7.74. The zero-order valence-electron chi connectivity index (χ0n) is 8.76. The van der Waals surface area contributed by atoms with Gasteiger partial charge in [0.25, 0.3) is 0 Å². The van der Waals surface area contributed by atoms with E-state index >= 15 is 0 Å². The molecule has 1 aromatic rings. The van der Waals surface area contributed by atoms with E-state index in [4.69, 9.17) is 0 Å². The number of hydrogen-bond acceptors (Lipinski definition) is 4. The van der Waals surface area contributed by atoms with E-state index in [1.54, 1.807) is 17.5 Å². The Morgan fingerprint density at radius 3 is 3.00 bits per heavy atom. The van der Waals surface area contributed by atoms with E-state index in [1.807, 2.05) is 17.1 Å². The van der Waals surface area contributed by atoms with E-state index < -0.39 is 0 Å². The molecule has 0 amide bonds. The standard InChI is InChI=1S/C11H17NOS2/c13-9(7-11-12-5-6-14-11)8-15-10-3-1-2-4-10/h5-6,9-10,13H,1-4,7-8H2. The summed E-state index contributed by atoms with van der Waals surface area (Å²) in [5.74, 6) is 0.865. The molecule has 0 bridgehead atoms. The first-order valence-corrected chi connectivity index (χ1v) is 7.45. The molecule has 2 rings (SSSR count). The lowest BCUT2D eigenvalue weighted by molar-refractivity contribution is 0.200. The summed E-state index contributed by atoms with van der Waals surface area (Å²) in [6.45, 7) is 0. The number of aliphatic hydroxyl groups excluding tert-OH is 1.